The van der Waals surface area contributed by atoms with E-state index in [1.54, 1.807) is 0 Å². The summed E-state index contributed by atoms with van der Waals surface area (Å²) < 4.78 is 5.26. The molecule has 0 aromatic rings. The number of rotatable bonds is 1. The molecule has 3 unspecified atom stereocenters. The predicted octanol–water partition coefficient (Wildman–Crippen LogP) is 0.104. The van der Waals surface area contributed by atoms with Crippen LogP contribution in [0.4, 0.5) is 0 Å². The van der Waals surface area contributed by atoms with Crippen molar-refractivity contribution in [2.45, 2.75) is 18.6 Å². The van der Waals surface area contributed by atoms with Crippen molar-refractivity contribution in [1.82, 2.24) is 9.80 Å². The van der Waals surface area contributed by atoms with Gasteiger partial charge in [-0.15, -0.1) is 0 Å². The van der Waals surface area contributed by atoms with Crippen molar-refractivity contribution in [3.05, 3.63) is 12.2 Å². The van der Waals surface area contributed by atoms with Gasteiger partial charge in [0.15, 0.2) is 0 Å². The fourth-order valence-electron chi connectivity index (χ4n) is 2.97. The second-order valence-corrected chi connectivity index (χ2v) is 5.04. The zero-order valence-electron chi connectivity index (χ0n) is 9.63. The lowest BCUT2D eigenvalue weighted by molar-refractivity contribution is -0.140. The number of ether oxygens (including phenoxy) is 1. The summed E-state index contributed by atoms with van der Waals surface area (Å²) in [7, 11) is 2.16. The molecule has 4 nitrogen and oxygen atoms in total. The van der Waals surface area contributed by atoms with E-state index in [-0.39, 0.29) is 12.1 Å². The summed E-state index contributed by atoms with van der Waals surface area (Å²) in [4.78, 5) is 16.1. The number of nitrogens with zero attached hydrogens (tertiary/aromatic N) is 2. The molecule has 1 aliphatic carbocycles. The van der Waals surface area contributed by atoms with Crippen LogP contribution in [-0.4, -0.2) is 61.1 Å². The van der Waals surface area contributed by atoms with E-state index in [0.29, 0.717) is 18.4 Å². The minimum Gasteiger partial charge on any atom is -0.458 e. The van der Waals surface area contributed by atoms with E-state index in [4.69, 9.17) is 4.74 Å². The molecule has 0 N–H and O–H groups in total. The number of fused-ring (bicyclic) bond motifs is 1. The molecule has 0 saturated carbocycles. The Labute approximate surface area is 95.8 Å². The van der Waals surface area contributed by atoms with Crippen molar-refractivity contribution in [1.29, 1.82) is 0 Å². The molecular formula is C12H18N2O2. The van der Waals surface area contributed by atoms with Crippen LogP contribution in [0.2, 0.25) is 0 Å². The zero-order valence-corrected chi connectivity index (χ0v) is 9.63. The van der Waals surface area contributed by atoms with E-state index in [2.05, 4.69) is 29.0 Å². The highest BCUT2D eigenvalue weighted by Crippen LogP contribution is 2.34. The topological polar surface area (TPSA) is 32.8 Å². The van der Waals surface area contributed by atoms with Gasteiger partial charge in [0.2, 0.25) is 0 Å². The van der Waals surface area contributed by atoms with Crippen LogP contribution >= 0.6 is 0 Å². The van der Waals surface area contributed by atoms with E-state index in [1.807, 2.05) is 0 Å². The third kappa shape index (κ3) is 1.66. The molecule has 2 saturated heterocycles. The average Bonchev–Trinajstić information content (AvgIpc) is 2.78. The number of carbonyl (C=O) groups excluding carboxylic acids is 1. The van der Waals surface area contributed by atoms with Crippen molar-refractivity contribution in [3.63, 3.8) is 0 Å². The molecule has 2 fully saturated rings. The van der Waals surface area contributed by atoms with Crippen LogP contribution < -0.4 is 0 Å². The second kappa shape index (κ2) is 3.86. The fourth-order valence-corrected chi connectivity index (χ4v) is 2.97. The fraction of sp³-hybridized carbons (Fsp3) is 0.750. The van der Waals surface area contributed by atoms with Gasteiger partial charge in [-0.1, -0.05) is 6.08 Å². The van der Waals surface area contributed by atoms with Gasteiger partial charge < -0.3 is 9.64 Å². The number of likely N-dealkylation sites (N-methyl/N-ethyl adjacent to an activating group) is 1. The lowest BCUT2D eigenvalue weighted by atomic mass is 9.97. The molecule has 0 aromatic carbocycles. The van der Waals surface area contributed by atoms with Crippen molar-refractivity contribution in [2.24, 2.45) is 5.92 Å². The molecule has 0 spiro atoms. The van der Waals surface area contributed by atoms with Gasteiger partial charge in [0.05, 0.1) is 6.42 Å². The van der Waals surface area contributed by atoms with Crippen molar-refractivity contribution < 1.29 is 9.53 Å². The number of hydrogen-bond donors (Lipinski definition) is 0. The largest absolute Gasteiger partial charge is 0.458 e. The molecule has 3 aliphatic rings. The Morgan fingerprint density at radius 1 is 1.25 bits per heavy atom. The summed E-state index contributed by atoms with van der Waals surface area (Å²) in [5, 5.41) is 0. The first-order chi connectivity index (χ1) is 7.74. The molecule has 3 atom stereocenters. The Hall–Kier alpha value is -0.870. The minimum atomic E-state index is -0.0292. The number of hydrogen-bond acceptors (Lipinski definition) is 4. The Morgan fingerprint density at radius 3 is 2.75 bits per heavy atom. The third-order valence-electron chi connectivity index (χ3n) is 3.99. The Bertz CT molecular complexity index is 321. The molecule has 4 heteroatoms. The Kier molecular flexibility index (Phi) is 2.48. The average molecular weight is 222 g/mol. The van der Waals surface area contributed by atoms with Crippen LogP contribution in [0.3, 0.4) is 0 Å². The molecule has 0 amide bonds. The monoisotopic (exact) mass is 222 g/mol. The third-order valence-corrected chi connectivity index (χ3v) is 3.99. The predicted molar refractivity (Wildman–Crippen MR) is 60.0 cm³/mol. The summed E-state index contributed by atoms with van der Waals surface area (Å²) in [5.41, 5.74) is 0. The summed E-state index contributed by atoms with van der Waals surface area (Å²) in [5.74, 6) is 0.342. The van der Waals surface area contributed by atoms with Crippen LogP contribution in [-0.2, 0) is 9.53 Å². The van der Waals surface area contributed by atoms with Crippen molar-refractivity contribution >= 4 is 5.97 Å². The van der Waals surface area contributed by atoms with E-state index < -0.39 is 0 Å². The quantitative estimate of drug-likeness (QED) is 0.465. The molecule has 0 radical (unpaired) electrons. The van der Waals surface area contributed by atoms with Gasteiger partial charge in [-0.2, -0.15) is 0 Å². The maximum atomic E-state index is 11.3. The number of piperazine rings is 1. The molecule has 16 heavy (non-hydrogen) atoms. The lowest BCUT2D eigenvalue weighted by Gasteiger charge is -2.37. The summed E-state index contributed by atoms with van der Waals surface area (Å²) in [6.07, 6.45) is 4.94. The van der Waals surface area contributed by atoms with Crippen LogP contribution in [0.1, 0.15) is 6.42 Å². The number of carbonyl (C=O) groups is 1. The van der Waals surface area contributed by atoms with Crippen LogP contribution in [0.25, 0.3) is 0 Å². The molecule has 0 bridgehead atoms. The number of esters is 1. The lowest BCUT2D eigenvalue weighted by Crippen LogP contribution is -2.50. The molecule has 0 aromatic heterocycles. The SMILES string of the molecule is CN1CCN(C2C=CC3OC(=O)CC32)CC1. The van der Waals surface area contributed by atoms with Gasteiger partial charge in [0.1, 0.15) is 6.10 Å². The van der Waals surface area contributed by atoms with Crippen LogP contribution in [0.5, 0.6) is 0 Å². The van der Waals surface area contributed by atoms with E-state index in [1.165, 1.54) is 0 Å². The first kappa shape index (κ1) is 10.3. The molecule has 3 rings (SSSR count). The molecular weight excluding hydrogens is 204 g/mol. The molecule has 2 aliphatic heterocycles. The zero-order chi connectivity index (χ0) is 11.1. The molecule has 88 valence electrons. The highest BCUT2D eigenvalue weighted by Gasteiger charge is 2.43. The van der Waals surface area contributed by atoms with Crippen LogP contribution in [0.15, 0.2) is 12.2 Å². The maximum absolute atomic E-state index is 11.3. The Morgan fingerprint density at radius 2 is 2.00 bits per heavy atom. The Balaban J connectivity index is 1.67. The first-order valence-corrected chi connectivity index (χ1v) is 6.04. The smallest absolute Gasteiger partial charge is 0.306 e. The summed E-state index contributed by atoms with van der Waals surface area (Å²) >= 11 is 0. The summed E-state index contributed by atoms with van der Waals surface area (Å²) in [6, 6.07) is 0.421. The van der Waals surface area contributed by atoms with Crippen molar-refractivity contribution in [3.8, 4) is 0 Å². The van der Waals surface area contributed by atoms with E-state index >= 15 is 0 Å². The van der Waals surface area contributed by atoms with Crippen LogP contribution in [0, 0.1) is 5.92 Å². The highest BCUT2D eigenvalue weighted by molar-refractivity contribution is 5.73. The normalized spacial score (nSPS) is 40.1. The van der Waals surface area contributed by atoms with Gasteiger partial charge in [-0.05, 0) is 13.1 Å². The van der Waals surface area contributed by atoms with Gasteiger partial charge in [-0.3, -0.25) is 9.69 Å². The van der Waals surface area contributed by atoms with Gasteiger partial charge in [-0.25, -0.2) is 0 Å². The first-order valence-electron chi connectivity index (χ1n) is 6.04. The second-order valence-electron chi connectivity index (χ2n) is 5.04. The standard InChI is InChI=1S/C12H18N2O2/c1-13-4-6-14(7-5-13)10-2-3-11-9(10)8-12(15)16-11/h2-3,9-11H,4-8H2,1H3. The minimum absolute atomic E-state index is 0.0292. The van der Waals surface area contributed by atoms with E-state index in [9.17, 15) is 4.79 Å². The summed E-state index contributed by atoms with van der Waals surface area (Å²) in [6.45, 7) is 4.44. The van der Waals surface area contributed by atoms with Crippen molar-refractivity contribution in [2.75, 3.05) is 33.2 Å². The highest BCUT2D eigenvalue weighted by atomic mass is 16.5. The van der Waals surface area contributed by atoms with Gasteiger partial charge >= 0.3 is 5.97 Å². The van der Waals surface area contributed by atoms with Gasteiger partial charge in [0, 0.05) is 38.1 Å². The molecule has 2 heterocycles. The van der Waals surface area contributed by atoms with Gasteiger partial charge in [0.25, 0.3) is 0 Å². The maximum Gasteiger partial charge on any atom is 0.306 e. The van der Waals surface area contributed by atoms with E-state index in [0.717, 1.165) is 26.2 Å².